The molecule has 202 valence electrons. The van der Waals surface area contributed by atoms with E-state index in [1.807, 2.05) is 12.1 Å². The Kier molecular flexibility index (Phi) is 6.29. The Morgan fingerprint density at radius 2 is 0.947 bits per heavy atom. The average molecular weight is 527 g/mol. The highest BCUT2D eigenvalue weighted by Crippen LogP contribution is 2.46. The van der Waals surface area contributed by atoms with Crippen LogP contribution in [-0.2, 0) is 37.9 Å². The Hall–Kier alpha value is -2.86. The van der Waals surface area contributed by atoms with Gasteiger partial charge in [-0.25, -0.2) is 9.59 Å². The SMILES string of the molecule is CC1(C)O[C@H]2O[C@@H]([C@@H]3O[C@@H]4OC(C)(C)O[C@@H]4[C@@H]3OC(=O)c3ccccc3)[C@@H](OC(=O)c3ccccc3)[C@H]2O1. The highest BCUT2D eigenvalue weighted by molar-refractivity contribution is 5.90. The topological polar surface area (TPSA) is 108 Å². The zero-order valence-corrected chi connectivity index (χ0v) is 21.5. The first-order valence-electron chi connectivity index (χ1n) is 12.6. The molecule has 4 aliphatic heterocycles. The van der Waals surface area contributed by atoms with Crippen molar-refractivity contribution in [1.82, 2.24) is 0 Å². The molecule has 0 aromatic heterocycles. The molecule has 4 saturated heterocycles. The smallest absolute Gasteiger partial charge is 0.338 e. The third kappa shape index (κ3) is 4.72. The molecular formula is C28H30O10. The Morgan fingerprint density at radius 3 is 1.32 bits per heavy atom. The Bertz CT molecular complexity index is 1090. The monoisotopic (exact) mass is 526 g/mol. The van der Waals surface area contributed by atoms with Gasteiger partial charge in [0.25, 0.3) is 0 Å². The Morgan fingerprint density at radius 1 is 0.579 bits per heavy atom. The van der Waals surface area contributed by atoms with Gasteiger partial charge in [-0.05, 0) is 52.0 Å². The number of carbonyl (C=O) groups is 2. The van der Waals surface area contributed by atoms with E-state index in [1.165, 1.54) is 0 Å². The summed E-state index contributed by atoms with van der Waals surface area (Å²) in [5, 5.41) is 0. The van der Waals surface area contributed by atoms with Crippen LogP contribution in [0.3, 0.4) is 0 Å². The van der Waals surface area contributed by atoms with Crippen LogP contribution in [0.1, 0.15) is 48.4 Å². The Balaban J connectivity index is 1.30. The lowest BCUT2D eigenvalue weighted by Crippen LogP contribution is -2.50. The molecule has 4 heterocycles. The molecule has 0 unspecified atom stereocenters. The van der Waals surface area contributed by atoms with Crippen LogP contribution in [0, 0.1) is 0 Å². The van der Waals surface area contributed by atoms with E-state index in [4.69, 9.17) is 37.9 Å². The molecule has 4 aliphatic rings. The fourth-order valence-electron chi connectivity index (χ4n) is 5.34. The summed E-state index contributed by atoms with van der Waals surface area (Å²) < 4.78 is 48.4. The molecule has 0 spiro atoms. The van der Waals surface area contributed by atoms with Gasteiger partial charge < -0.3 is 37.9 Å². The number of esters is 2. The number of rotatable bonds is 5. The molecule has 0 amide bonds. The minimum absolute atomic E-state index is 0.373. The fourth-order valence-corrected chi connectivity index (χ4v) is 5.34. The van der Waals surface area contributed by atoms with E-state index in [2.05, 4.69) is 0 Å². The van der Waals surface area contributed by atoms with Gasteiger partial charge in [0.15, 0.2) is 48.6 Å². The van der Waals surface area contributed by atoms with Gasteiger partial charge in [0.2, 0.25) is 0 Å². The van der Waals surface area contributed by atoms with Crippen molar-refractivity contribution < 1.29 is 47.5 Å². The summed E-state index contributed by atoms with van der Waals surface area (Å²) in [7, 11) is 0. The lowest BCUT2D eigenvalue weighted by Gasteiger charge is -2.32. The van der Waals surface area contributed by atoms with Gasteiger partial charge in [-0.1, -0.05) is 36.4 Å². The van der Waals surface area contributed by atoms with Crippen molar-refractivity contribution in [2.45, 2.75) is 88.5 Å². The van der Waals surface area contributed by atoms with Crippen molar-refractivity contribution in [3.63, 3.8) is 0 Å². The number of carbonyl (C=O) groups excluding carboxylic acids is 2. The molecule has 38 heavy (non-hydrogen) atoms. The molecule has 2 aromatic rings. The van der Waals surface area contributed by atoms with Gasteiger partial charge in [0, 0.05) is 0 Å². The molecular weight excluding hydrogens is 496 g/mol. The number of hydrogen-bond acceptors (Lipinski definition) is 10. The van der Waals surface area contributed by atoms with E-state index >= 15 is 0 Å². The minimum atomic E-state index is -0.944. The van der Waals surface area contributed by atoms with Crippen LogP contribution in [0.15, 0.2) is 60.7 Å². The zero-order valence-electron chi connectivity index (χ0n) is 21.5. The summed E-state index contributed by atoms with van der Waals surface area (Å²) in [5.41, 5.74) is 0.745. The first-order valence-corrected chi connectivity index (χ1v) is 12.6. The van der Waals surface area contributed by atoms with E-state index < -0.39 is 72.7 Å². The third-order valence-corrected chi connectivity index (χ3v) is 6.88. The second-order valence-corrected chi connectivity index (χ2v) is 10.6. The van der Waals surface area contributed by atoms with Gasteiger partial charge in [-0.3, -0.25) is 0 Å². The van der Waals surface area contributed by atoms with Gasteiger partial charge >= 0.3 is 11.9 Å². The quantitative estimate of drug-likeness (QED) is 0.539. The van der Waals surface area contributed by atoms with E-state index in [-0.39, 0.29) is 0 Å². The summed E-state index contributed by atoms with van der Waals surface area (Å²) in [5.74, 6) is -2.99. The lowest BCUT2D eigenvalue weighted by molar-refractivity contribution is -0.256. The number of hydrogen-bond donors (Lipinski definition) is 0. The van der Waals surface area contributed by atoms with Crippen molar-refractivity contribution in [2.75, 3.05) is 0 Å². The summed E-state index contributed by atoms with van der Waals surface area (Å²) in [6.45, 7) is 7.02. The first-order chi connectivity index (χ1) is 18.1. The van der Waals surface area contributed by atoms with Gasteiger partial charge in [0.1, 0.15) is 12.2 Å². The normalized spacial score (nSPS) is 36.4. The first kappa shape index (κ1) is 25.4. The molecule has 8 atom stereocenters. The number of fused-ring (bicyclic) bond motifs is 2. The van der Waals surface area contributed by atoms with Crippen molar-refractivity contribution in [1.29, 1.82) is 0 Å². The van der Waals surface area contributed by atoms with Crippen LogP contribution < -0.4 is 0 Å². The van der Waals surface area contributed by atoms with Crippen LogP contribution in [0.5, 0.6) is 0 Å². The molecule has 10 nitrogen and oxygen atoms in total. The maximum absolute atomic E-state index is 13.1. The van der Waals surface area contributed by atoms with E-state index in [9.17, 15) is 9.59 Å². The largest absolute Gasteiger partial charge is 0.453 e. The van der Waals surface area contributed by atoms with Crippen LogP contribution in [0.4, 0.5) is 0 Å². The molecule has 6 rings (SSSR count). The number of benzene rings is 2. The summed E-state index contributed by atoms with van der Waals surface area (Å²) in [6.07, 6.45) is -6.75. The fraction of sp³-hybridized carbons (Fsp3) is 0.500. The second kappa shape index (κ2) is 9.41. The summed E-state index contributed by atoms with van der Waals surface area (Å²) in [4.78, 5) is 26.2. The molecule has 0 N–H and O–H groups in total. The predicted molar refractivity (Wildman–Crippen MR) is 129 cm³/mol. The summed E-state index contributed by atoms with van der Waals surface area (Å²) >= 11 is 0. The second-order valence-electron chi connectivity index (χ2n) is 10.6. The Labute approximate surface area is 220 Å². The molecule has 0 saturated carbocycles. The lowest BCUT2D eigenvalue weighted by atomic mass is 9.99. The highest BCUT2D eigenvalue weighted by Gasteiger charge is 2.65. The van der Waals surface area contributed by atoms with Crippen LogP contribution in [-0.4, -0.2) is 72.7 Å². The van der Waals surface area contributed by atoms with Gasteiger partial charge in [0.05, 0.1) is 11.1 Å². The minimum Gasteiger partial charge on any atom is -0.453 e. The third-order valence-electron chi connectivity index (χ3n) is 6.88. The van der Waals surface area contributed by atoms with E-state index in [1.54, 1.807) is 76.2 Å². The zero-order chi connectivity index (χ0) is 26.7. The maximum Gasteiger partial charge on any atom is 0.338 e. The van der Waals surface area contributed by atoms with Crippen LogP contribution in [0.25, 0.3) is 0 Å². The standard InChI is InChI=1S/C28H30O10/c1-27(2)35-21-19(31-23(29)15-11-7-5-8-12-15)17(33-25(21)37-27)18-20(22-26(34-18)38-28(3,4)36-22)32-24(30)16-13-9-6-10-14-16/h5-14,17-22,25-26H,1-4H3/t17-,18-,19+,20+,21+,22+,25+,26+/m0/s1. The molecule has 0 radical (unpaired) electrons. The number of ether oxygens (including phenoxy) is 8. The van der Waals surface area contributed by atoms with Crippen LogP contribution in [0.2, 0.25) is 0 Å². The van der Waals surface area contributed by atoms with Crippen LogP contribution >= 0.6 is 0 Å². The molecule has 0 aliphatic carbocycles. The van der Waals surface area contributed by atoms with E-state index in [0.717, 1.165) is 0 Å². The molecule has 4 fully saturated rings. The molecule has 0 bridgehead atoms. The van der Waals surface area contributed by atoms with Crippen molar-refractivity contribution in [2.24, 2.45) is 0 Å². The van der Waals surface area contributed by atoms with Crippen molar-refractivity contribution in [3.8, 4) is 0 Å². The predicted octanol–water partition coefficient (Wildman–Crippen LogP) is 3.19. The van der Waals surface area contributed by atoms with Crippen molar-refractivity contribution in [3.05, 3.63) is 71.8 Å². The highest BCUT2D eigenvalue weighted by atomic mass is 16.9. The van der Waals surface area contributed by atoms with Crippen molar-refractivity contribution >= 4 is 11.9 Å². The summed E-state index contributed by atoms with van der Waals surface area (Å²) in [6, 6.07) is 17.2. The maximum atomic E-state index is 13.1. The van der Waals surface area contributed by atoms with Gasteiger partial charge in [-0.2, -0.15) is 0 Å². The average Bonchev–Trinajstić information content (AvgIpc) is 3.56. The van der Waals surface area contributed by atoms with Gasteiger partial charge in [-0.15, -0.1) is 0 Å². The van der Waals surface area contributed by atoms with E-state index in [0.29, 0.717) is 11.1 Å². The molecule has 10 heteroatoms. The molecule has 2 aromatic carbocycles.